The van der Waals surface area contributed by atoms with Crippen molar-refractivity contribution in [2.24, 2.45) is 0 Å². The van der Waals surface area contributed by atoms with Gasteiger partial charge >= 0.3 is 0 Å². The molecule has 0 bridgehead atoms. The van der Waals surface area contributed by atoms with Crippen LogP contribution >= 0.6 is 0 Å². The molecule has 1 aromatic heterocycles. The van der Waals surface area contributed by atoms with Gasteiger partial charge in [0.15, 0.2) is 0 Å². The van der Waals surface area contributed by atoms with E-state index in [9.17, 15) is 15.2 Å². The van der Waals surface area contributed by atoms with Gasteiger partial charge in [0.25, 0.3) is 5.69 Å². The molecule has 3 aromatic carbocycles. The normalized spacial score (nSPS) is 10.7. The number of nitro groups is 1. The minimum atomic E-state index is -0.452. The predicted molar refractivity (Wildman–Crippen MR) is 121 cm³/mol. The van der Waals surface area contributed by atoms with E-state index < -0.39 is 4.92 Å². The summed E-state index contributed by atoms with van der Waals surface area (Å²) < 4.78 is 5.74. The summed E-state index contributed by atoms with van der Waals surface area (Å²) in [6, 6.07) is 20.7. The van der Waals surface area contributed by atoms with Crippen molar-refractivity contribution in [1.82, 2.24) is 9.97 Å². The molecule has 0 saturated carbocycles. The Kier molecular flexibility index (Phi) is 5.67. The number of non-ortho nitro benzene ring substituents is 1. The van der Waals surface area contributed by atoms with Crippen molar-refractivity contribution in [1.29, 1.82) is 0 Å². The van der Waals surface area contributed by atoms with E-state index in [4.69, 9.17) is 10.5 Å². The average molecular weight is 428 g/mol. The van der Waals surface area contributed by atoms with E-state index in [-0.39, 0.29) is 24.0 Å². The SMILES string of the molecule is Cc1nc(N)nc(-c2ccc(OCc3ccc([N+](=O)[O-])cc3)cc2O)c1-c1ccccc1. The minimum absolute atomic E-state index is 0.0131. The second-order valence-electron chi connectivity index (χ2n) is 7.15. The third-order valence-corrected chi connectivity index (χ3v) is 4.95. The number of aryl methyl sites for hydroxylation is 1. The van der Waals surface area contributed by atoms with Crippen molar-refractivity contribution < 1.29 is 14.8 Å². The number of hydrogen-bond acceptors (Lipinski definition) is 7. The lowest BCUT2D eigenvalue weighted by atomic mass is 9.97. The first-order valence-corrected chi connectivity index (χ1v) is 9.81. The van der Waals surface area contributed by atoms with E-state index in [2.05, 4.69) is 9.97 Å². The number of nitrogen functional groups attached to an aromatic ring is 1. The molecule has 0 amide bonds. The van der Waals surface area contributed by atoms with E-state index in [1.165, 1.54) is 18.2 Å². The number of nitrogens with zero attached hydrogens (tertiary/aromatic N) is 3. The summed E-state index contributed by atoms with van der Waals surface area (Å²) in [4.78, 5) is 19.0. The first-order valence-electron chi connectivity index (χ1n) is 9.81. The lowest BCUT2D eigenvalue weighted by Crippen LogP contribution is -2.02. The maximum absolute atomic E-state index is 10.8. The summed E-state index contributed by atoms with van der Waals surface area (Å²) in [7, 11) is 0. The first kappa shape index (κ1) is 20.8. The summed E-state index contributed by atoms with van der Waals surface area (Å²) in [5, 5.41) is 21.5. The van der Waals surface area contributed by atoms with Gasteiger partial charge < -0.3 is 15.6 Å². The van der Waals surface area contributed by atoms with Crippen LogP contribution in [0.25, 0.3) is 22.4 Å². The highest BCUT2D eigenvalue weighted by atomic mass is 16.6. The topological polar surface area (TPSA) is 124 Å². The molecule has 8 nitrogen and oxygen atoms in total. The predicted octanol–water partition coefficient (Wildman–Crippen LogP) is 4.89. The summed E-state index contributed by atoms with van der Waals surface area (Å²) in [6.07, 6.45) is 0. The molecule has 0 saturated heterocycles. The summed E-state index contributed by atoms with van der Waals surface area (Å²) >= 11 is 0. The van der Waals surface area contributed by atoms with Crippen LogP contribution in [-0.4, -0.2) is 20.0 Å². The molecule has 0 aliphatic heterocycles. The van der Waals surface area contributed by atoms with Crippen LogP contribution in [0.5, 0.6) is 11.5 Å². The smallest absolute Gasteiger partial charge is 0.269 e. The Hall–Kier alpha value is -4.46. The zero-order valence-corrected chi connectivity index (χ0v) is 17.2. The highest BCUT2D eigenvalue weighted by Crippen LogP contribution is 2.38. The average Bonchev–Trinajstić information content (AvgIpc) is 2.78. The molecule has 0 atom stereocenters. The van der Waals surface area contributed by atoms with Crippen LogP contribution in [0.1, 0.15) is 11.3 Å². The largest absolute Gasteiger partial charge is 0.507 e. The maximum atomic E-state index is 10.8. The molecule has 32 heavy (non-hydrogen) atoms. The Labute approximate surface area is 184 Å². The fourth-order valence-corrected chi connectivity index (χ4v) is 3.42. The number of aromatic nitrogens is 2. The van der Waals surface area contributed by atoms with Gasteiger partial charge in [-0.1, -0.05) is 30.3 Å². The molecule has 0 fully saturated rings. The Bertz CT molecular complexity index is 1280. The number of nitro benzene ring substituents is 1. The fourth-order valence-electron chi connectivity index (χ4n) is 3.42. The highest BCUT2D eigenvalue weighted by Gasteiger charge is 2.18. The second-order valence-corrected chi connectivity index (χ2v) is 7.15. The van der Waals surface area contributed by atoms with Crippen LogP contribution in [0.3, 0.4) is 0 Å². The number of rotatable bonds is 6. The molecule has 4 rings (SSSR count). The van der Waals surface area contributed by atoms with Crippen LogP contribution in [0, 0.1) is 17.0 Å². The Balaban J connectivity index is 1.62. The quantitative estimate of drug-likeness (QED) is 0.331. The van der Waals surface area contributed by atoms with Crippen molar-refractivity contribution in [3.63, 3.8) is 0 Å². The highest BCUT2D eigenvalue weighted by molar-refractivity contribution is 5.85. The van der Waals surface area contributed by atoms with E-state index in [1.54, 1.807) is 24.3 Å². The molecule has 0 spiro atoms. The van der Waals surface area contributed by atoms with Crippen LogP contribution in [0.2, 0.25) is 0 Å². The minimum Gasteiger partial charge on any atom is -0.507 e. The zero-order valence-electron chi connectivity index (χ0n) is 17.2. The van der Waals surface area contributed by atoms with E-state index >= 15 is 0 Å². The Morgan fingerprint density at radius 3 is 2.41 bits per heavy atom. The number of nitrogens with two attached hydrogens (primary N) is 1. The molecular weight excluding hydrogens is 408 g/mol. The van der Waals surface area contributed by atoms with Gasteiger partial charge in [0, 0.05) is 29.3 Å². The van der Waals surface area contributed by atoms with Gasteiger partial charge in [-0.3, -0.25) is 10.1 Å². The van der Waals surface area contributed by atoms with Crippen molar-refractivity contribution in [3.8, 4) is 33.9 Å². The van der Waals surface area contributed by atoms with Gasteiger partial charge in [-0.05, 0) is 42.3 Å². The van der Waals surface area contributed by atoms with Crippen molar-refractivity contribution >= 4 is 11.6 Å². The molecule has 0 aliphatic carbocycles. The van der Waals surface area contributed by atoms with Gasteiger partial charge in [0.05, 0.1) is 16.3 Å². The number of benzene rings is 3. The number of aromatic hydroxyl groups is 1. The van der Waals surface area contributed by atoms with Gasteiger partial charge in [0.1, 0.15) is 18.1 Å². The Morgan fingerprint density at radius 2 is 1.75 bits per heavy atom. The van der Waals surface area contributed by atoms with Crippen molar-refractivity contribution in [3.05, 3.63) is 94.2 Å². The molecule has 0 unspecified atom stereocenters. The lowest BCUT2D eigenvalue weighted by molar-refractivity contribution is -0.384. The molecule has 160 valence electrons. The van der Waals surface area contributed by atoms with E-state index in [0.717, 1.165) is 16.7 Å². The monoisotopic (exact) mass is 428 g/mol. The standard InChI is InChI=1S/C24H20N4O4/c1-15-22(17-5-3-2-4-6-17)23(27-24(25)26-15)20-12-11-19(13-21(20)29)32-14-16-7-9-18(10-8-16)28(30)31/h2-13,29H,14H2,1H3,(H2,25,26,27). The second kappa shape index (κ2) is 8.73. The van der Waals surface area contributed by atoms with Crippen LogP contribution in [-0.2, 0) is 6.61 Å². The molecule has 4 aromatic rings. The van der Waals surface area contributed by atoms with Gasteiger partial charge in [-0.2, -0.15) is 0 Å². The zero-order chi connectivity index (χ0) is 22.7. The lowest BCUT2D eigenvalue weighted by Gasteiger charge is -2.14. The van der Waals surface area contributed by atoms with Crippen LogP contribution < -0.4 is 10.5 Å². The maximum Gasteiger partial charge on any atom is 0.269 e. The number of ether oxygens (including phenoxy) is 1. The number of phenols is 1. The molecule has 3 N–H and O–H groups in total. The van der Waals surface area contributed by atoms with Gasteiger partial charge in [0.2, 0.25) is 5.95 Å². The number of anilines is 1. The molecular formula is C24H20N4O4. The number of hydrogen-bond donors (Lipinski definition) is 2. The first-order chi connectivity index (χ1) is 15.4. The fraction of sp³-hybridized carbons (Fsp3) is 0.0833. The molecule has 1 heterocycles. The molecule has 0 aliphatic rings. The van der Waals surface area contributed by atoms with E-state index in [1.807, 2.05) is 37.3 Å². The van der Waals surface area contributed by atoms with Crippen LogP contribution in [0.4, 0.5) is 11.6 Å². The molecule has 0 radical (unpaired) electrons. The van der Waals surface area contributed by atoms with Gasteiger partial charge in [-0.15, -0.1) is 0 Å². The molecule has 8 heteroatoms. The van der Waals surface area contributed by atoms with E-state index in [0.29, 0.717) is 22.7 Å². The van der Waals surface area contributed by atoms with Crippen LogP contribution in [0.15, 0.2) is 72.8 Å². The Morgan fingerprint density at radius 1 is 1.03 bits per heavy atom. The third kappa shape index (κ3) is 4.34. The third-order valence-electron chi connectivity index (χ3n) is 4.95. The summed E-state index contributed by atoms with van der Waals surface area (Å²) in [6.45, 7) is 2.05. The summed E-state index contributed by atoms with van der Waals surface area (Å²) in [5.41, 5.74) is 10.1. The number of phenolic OH excluding ortho intramolecular Hbond substituents is 1. The summed E-state index contributed by atoms with van der Waals surface area (Å²) in [5.74, 6) is 0.556. The van der Waals surface area contributed by atoms with Gasteiger partial charge in [-0.25, -0.2) is 9.97 Å². The van der Waals surface area contributed by atoms with Crippen molar-refractivity contribution in [2.45, 2.75) is 13.5 Å². The van der Waals surface area contributed by atoms with Crippen molar-refractivity contribution in [2.75, 3.05) is 5.73 Å².